The number of benzene rings is 1. The number of rotatable bonds is 11. The zero-order valence-corrected chi connectivity index (χ0v) is 18.5. The van der Waals surface area contributed by atoms with E-state index in [-0.39, 0.29) is 11.3 Å². The molecular formula is C21H38O4Si. The van der Waals surface area contributed by atoms with E-state index < -0.39 is 21.4 Å². The second-order valence-corrected chi connectivity index (χ2v) is 11.3. The summed E-state index contributed by atoms with van der Waals surface area (Å²) < 4.78 is 11.4. The molecule has 4 nitrogen and oxygen atoms in total. The molecule has 0 spiro atoms. The normalized spacial score (nSPS) is 17.1. The summed E-state index contributed by atoms with van der Waals surface area (Å²) in [6.07, 6.45) is -0.457. The van der Waals surface area contributed by atoms with Gasteiger partial charge in [-0.15, -0.1) is 0 Å². The highest BCUT2D eigenvalue weighted by molar-refractivity contribution is 6.48. The molecular weight excluding hydrogens is 344 g/mol. The molecule has 0 aliphatic rings. The molecule has 1 aromatic rings. The molecule has 4 unspecified atom stereocenters. The SMILES string of the molecule is CC(CC(C)(C)C)C(COCc1ccccc1)CC(O)C(O)O[SiH](C)C. The largest absolute Gasteiger partial charge is 0.394 e. The van der Waals surface area contributed by atoms with E-state index in [4.69, 9.17) is 9.16 Å². The highest BCUT2D eigenvalue weighted by Crippen LogP contribution is 2.31. The Morgan fingerprint density at radius 3 is 2.23 bits per heavy atom. The molecule has 26 heavy (non-hydrogen) atoms. The van der Waals surface area contributed by atoms with Gasteiger partial charge in [-0.3, -0.25) is 0 Å². The summed E-state index contributed by atoms with van der Waals surface area (Å²) in [6.45, 7) is 14.0. The van der Waals surface area contributed by atoms with Crippen LogP contribution in [-0.4, -0.2) is 38.3 Å². The first-order valence-corrected chi connectivity index (χ1v) is 12.5. The Bertz CT molecular complexity index is 487. The Morgan fingerprint density at radius 2 is 1.69 bits per heavy atom. The molecule has 1 aromatic carbocycles. The Labute approximate surface area is 161 Å². The van der Waals surface area contributed by atoms with Crippen LogP contribution < -0.4 is 0 Å². The lowest BCUT2D eigenvalue weighted by Crippen LogP contribution is -2.36. The fourth-order valence-corrected chi connectivity index (χ4v) is 4.03. The van der Waals surface area contributed by atoms with E-state index >= 15 is 0 Å². The van der Waals surface area contributed by atoms with E-state index in [0.29, 0.717) is 25.6 Å². The minimum absolute atomic E-state index is 0.167. The summed E-state index contributed by atoms with van der Waals surface area (Å²) in [5.74, 6) is 0.545. The first-order chi connectivity index (χ1) is 12.1. The van der Waals surface area contributed by atoms with Gasteiger partial charge in [0.25, 0.3) is 0 Å². The molecule has 0 heterocycles. The van der Waals surface area contributed by atoms with Crippen LogP contribution in [-0.2, 0) is 15.8 Å². The van der Waals surface area contributed by atoms with Crippen LogP contribution in [0.5, 0.6) is 0 Å². The Hall–Kier alpha value is -0.723. The van der Waals surface area contributed by atoms with Crippen molar-refractivity contribution in [1.82, 2.24) is 0 Å². The van der Waals surface area contributed by atoms with Crippen molar-refractivity contribution >= 4 is 9.04 Å². The summed E-state index contributed by atoms with van der Waals surface area (Å²) in [5.41, 5.74) is 1.35. The molecule has 0 aromatic heterocycles. The van der Waals surface area contributed by atoms with E-state index in [9.17, 15) is 10.2 Å². The van der Waals surface area contributed by atoms with Crippen LogP contribution in [0.25, 0.3) is 0 Å². The molecule has 0 aliphatic heterocycles. The van der Waals surface area contributed by atoms with E-state index in [0.717, 1.165) is 12.0 Å². The quantitative estimate of drug-likeness (QED) is 0.449. The van der Waals surface area contributed by atoms with Gasteiger partial charge in [-0.1, -0.05) is 58.0 Å². The molecule has 1 rings (SSSR count). The number of hydrogen-bond donors (Lipinski definition) is 2. The highest BCUT2D eigenvalue weighted by atomic mass is 28.3. The lowest BCUT2D eigenvalue weighted by atomic mass is 9.78. The minimum Gasteiger partial charge on any atom is -0.394 e. The molecule has 0 radical (unpaired) electrons. The fraction of sp³-hybridized carbons (Fsp3) is 0.714. The van der Waals surface area contributed by atoms with Crippen LogP contribution in [0.3, 0.4) is 0 Å². The van der Waals surface area contributed by atoms with Gasteiger partial charge in [-0.05, 0) is 48.7 Å². The van der Waals surface area contributed by atoms with Gasteiger partial charge < -0.3 is 19.4 Å². The number of aliphatic hydroxyl groups is 2. The lowest BCUT2D eigenvalue weighted by Gasteiger charge is -2.32. The fourth-order valence-electron chi connectivity index (χ4n) is 3.30. The summed E-state index contributed by atoms with van der Waals surface area (Å²) in [6, 6.07) is 10.1. The van der Waals surface area contributed by atoms with Crippen molar-refractivity contribution in [3.05, 3.63) is 35.9 Å². The second kappa shape index (κ2) is 11.2. The third-order valence-electron chi connectivity index (χ3n) is 4.47. The summed E-state index contributed by atoms with van der Waals surface area (Å²) in [7, 11) is -1.39. The predicted molar refractivity (Wildman–Crippen MR) is 109 cm³/mol. The summed E-state index contributed by atoms with van der Waals surface area (Å²) in [4.78, 5) is 0. The standard InChI is InChI=1S/C21H38O4Si/c1-16(13-21(2,3)4)18(12-19(22)20(23)25-26(5)6)15-24-14-17-10-8-7-9-11-17/h7-11,16,18-20,22-23,26H,12-15H2,1-6H3. The number of ether oxygens (including phenoxy) is 1. The third-order valence-corrected chi connectivity index (χ3v) is 5.29. The van der Waals surface area contributed by atoms with Gasteiger partial charge in [0.05, 0.1) is 13.2 Å². The van der Waals surface area contributed by atoms with Crippen molar-refractivity contribution in [2.75, 3.05) is 6.61 Å². The predicted octanol–water partition coefficient (Wildman–Crippen LogP) is 3.96. The van der Waals surface area contributed by atoms with Gasteiger partial charge in [-0.2, -0.15) is 0 Å². The lowest BCUT2D eigenvalue weighted by molar-refractivity contribution is -0.118. The first kappa shape index (κ1) is 23.3. The van der Waals surface area contributed by atoms with Crippen LogP contribution in [0.1, 0.15) is 46.1 Å². The molecule has 0 amide bonds. The third kappa shape index (κ3) is 9.83. The van der Waals surface area contributed by atoms with Crippen molar-refractivity contribution in [2.24, 2.45) is 17.3 Å². The van der Waals surface area contributed by atoms with Crippen LogP contribution in [0.15, 0.2) is 30.3 Å². The topological polar surface area (TPSA) is 58.9 Å². The first-order valence-electron chi connectivity index (χ1n) is 9.71. The van der Waals surface area contributed by atoms with Crippen LogP contribution in [0.2, 0.25) is 13.1 Å². The Kier molecular flexibility index (Phi) is 10.0. The van der Waals surface area contributed by atoms with Crippen molar-refractivity contribution in [1.29, 1.82) is 0 Å². The zero-order valence-electron chi connectivity index (χ0n) is 17.3. The molecule has 150 valence electrons. The van der Waals surface area contributed by atoms with Gasteiger partial charge in [0.2, 0.25) is 0 Å². The molecule has 0 bridgehead atoms. The van der Waals surface area contributed by atoms with Crippen molar-refractivity contribution in [2.45, 2.75) is 72.6 Å². The molecule has 0 saturated heterocycles. The summed E-state index contributed by atoms with van der Waals surface area (Å²) in [5, 5.41) is 20.5. The monoisotopic (exact) mass is 382 g/mol. The van der Waals surface area contributed by atoms with Crippen LogP contribution in [0.4, 0.5) is 0 Å². The van der Waals surface area contributed by atoms with Crippen molar-refractivity contribution in [3.8, 4) is 0 Å². The second-order valence-electron chi connectivity index (χ2n) is 8.88. The molecule has 2 N–H and O–H groups in total. The molecule has 0 aliphatic carbocycles. The van der Waals surface area contributed by atoms with Gasteiger partial charge in [0.1, 0.15) is 6.10 Å². The number of hydrogen-bond acceptors (Lipinski definition) is 4. The van der Waals surface area contributed by atoms with Gasteiger partial charge >= 0.3 is 0 Å². The minimum atomic E-state index is -1.39. The van der Waals surface area contributed by atoms with E-state index in [2.05, 4.69) is 27.7 Å². The van der Waals surface area contributed by atoms with Gasteiger partial charge in [0.15, 0.2) is 15.3 Å². The molecule has 5 heteroatoms. The Balaban J connectivity index is 2.65. The maximum Gasteiger partial charge on any atom is 0.174 e. The zero-order chi connectivity index (χ0) is 19.7. The Morgan fingerprint density at radius 1 is 1.08 bits per heavy atom. The highest BCUT2D eigenvalue weighted by Gasteiger charge is 2.28. The smallest absolute Gasteiger partial charge is 0.174 e. The van der Waals surface area contributed by atoms with E-state index in [1.54, 1.807) is 0 Å². The van der Waals surface area contributed by atoms with Gasteiger partial charge in [0, 0.05) is 0 Å². The maximum atomic E-state index is 10.4. The van der Waals surface area contributed by atoms with Crippen molar-refractivity contribution in [3.63, 3.8) is 0 Å². The van der Waals surface area contributed by atoms with Gasteiger partial charge in [-0.25, -0.2) is 0 Å². The maximum absolute atomic E-state index is 10.4. The van der Waals surface area contributed by atoms with Crippen LogP contribution >= 0.6 is 0 Å². The average molecular weight is 383 g/mol. The number of aliphatic hydroxyl groups excluding tert-OH is 2. The van der Waals surface area contributed by atoms with E-state index in [1.165, 1.54) is 0 Å². The molecule has 0 saturated carbocycles. The average Bonchev–Trinajstić information content (AvgIpc) is 2.52. The van der Waals surface area contributed by atoms with E-state index in [1.807, 2.05) is 43.4 Å². The van der Waals surface area contributed by atoms with Crippen molar-refractivity contribution < 1.29 is 19.4 Å². The molecule has 4 atom stereocenters. The summed E-state index contributed by atoms with van der Waals surface area (Å²) >= 11 is 0. The molecule has 0 fully saturated rings. The van der Waals surface area contributed by atoms with Crippen LogP contribution in [0, 0.1) is 17.3 Å².